The molecule has 0 atom stereocenters. The van der Waals surface area contributed by atoms with Crippen molar-refractivity contribution in [2.45, 2.75) is 6.92 Å². The Morgan fingerprint density at radius 2 is 1.95 bits per heavy atom. The summed E-state index contributed by atoms with van der Waals surface area (Å²) in [5.41, 5.74) is -0.255. The topological polar surface area (TPSA) is 92.6 Å². The maximum Gasteiger partial charge on any atom is 0.163 e. The molecule has 0 radical (unpaired) electrons. The standard InChI is InChI=1S/C13H9FN4O/c1-2-19-13-5-10(14)3-4-11(13)18-12(8-17)9(6-15)7-16/h3-5,18H,2H2,1H3. The number of benzene rings is 1. The molecular formula is C13H9FN4O. The van der Waals surface area contributed by atoms with Gasteiger partial charge in [0.2, 0.25) is 0 Å². The molecule has 1 rings (SSSR count). The van der Waals surface area contributed by atoms with Crippen molar-refractivity contribution in [3.63, 3.8) is 0 Å². The Morgan fingerprint density at radius 3 is 2.47 bits per heavy atom. The molecule has 0 saturated heterocycles. The Morgan fingerprint density at radius 1 is 1.26 bits per heavy atom. The monoisotopic (exact) mass is 256 g/mol. The van der Waals surface area contributed by atoms with Crippen molar-refractivity contribution >= 4 is 5.69 Å². The van der Waals surface area contributed by atoms with E-state index in [1.165, 1.54) is 12.1 Å². The minimum absolute atomic E-state index is 0.200. The number of halogens is 1. The number of nitrogens with one attached hydrogen (secondary N) is 1. The van der Waals surface area contributed by atoms with Crippen molar-refractivity contribution in [2.75, 3.05) is 11.9 Å². The van der Waals surface area contributed by atoms with E-state index in [0.29, 0.717) is 12.3 Å². The highest BCUT2D eigenvalue weighted by Gasteiger charge is 2.10. The molecule has 0 unspecified atom stereocenters. The second-order valence-corrected chi connectivity index (χ2v) is 3.28. The van der Waals surface area contributed by atoms with Crippen LogP contribution in [0.3, 0.4) is 0 Å². The zero-order valence-electron chi connectivity index (χ0n) is 10.1. The van der Waals surface area contributed by atoms with Crippen LogP contribution in [-0.2, 0) is 0 Å². The largest absolute Gasteiger partial charge is 0.492 e. The van der Waals surface area contributed by atoms with Crippen LogP contribution >= 0.6 is 0 Å². The molecule has 0 aliphatic rings. The van der Waals surface area contributed by atoms with Crippen LogP contribution in [0.4, 0.5) is 10.1 Å². The second kappa shape index (κ2) is 6.64. The van der Waals surface area contributed by atoms with E-state index in [2.05, 4.69) is 5.32 Å². The number of hydrogen-bond acceptors (Lipinski definition) is 5. The van der Waals surface area contributed by atoms with Crippen LogP contribution in [0, 0.1) is 39.8 Å². The SMILES string of the molecule is CCOc1cc(F)ccc1NC(C#N)=C(C#N)C#N. The number of nitrogens with zero attached hydrogens (tertiary/aromatic N) is 3. The molecule has 0 heterocycles. The average molecular weight is 256 g/mol. The maximum atomic E-state index is 13.1. The maximum absolute atomic E-state index is 13.1. The molecule has 0 spiro atoms. The van der Waals surface area contributed by atoms with Crippen molar-refractivity contribution in [3.05, 3.63) is 35.3 Å². The van der Waals surface area contributed by atoms with Gasteiger partial charge in [-0.05, 0) is 19.1 Å². The first-order valence-corrected chi connectivity index (χ1v) is 5.30. The summed E-state index contributed by atoms with van der Waals surface area (Å²) in [5, 5.41) is 28.9. The predicted octanol–water partition coefficient (Wildman–Crippen LogP) is 2.46. The van der Waals surface area contributed by atoms with Gasteiger partial charge in [-0.15, -0.1) is 0 Å². The van der Waals surface area contributed by atoms with E-state index >= 15 is 0 Å². The van der Waals surface area contributed by atoms with Gasteiger partial charge in [-0.1, -0.05) is 0 Å². The highest BCUT2D eigenvalue weighted by Crippen LogP contribution is 2.27. The van der Waals surface area contributed by atoms with E-state index in [9.17, 15) is 4.39 Å². The van der Waals surface area contributed by atoms with Crippen LogP contribution in [0.1, 0.15) is 6.92 Å². The van der Waals surface area contributed by atoms with Crippen LogP contribution in [-0.4, -0.2) is 6.61 Å². The normalized spacial score (nSPS) is 8.58. The zero-order chi connectivity index (χ0) is 14.3. The third-order valence-corrected chi connectivity index (χ3v) is 2.09. The summed E-state index contributed by atoms with van der Waals surface area (Å²) in [5.74, 6) is -0.289. The number of nitriles is 3. The van der Waals surface area contributed by atoms with Gasteiger partial charge in [-0.3, -0.25) is 0 Å². The van der Waals surface area contributed by atoms with Crippen LogP contribution < -0.4 is 10.1 Å². The van der Waals surface area contributed by atoms with Gasteiger partial charge in [0.05, 0.1) is 12.3 Å². The van der Waals surface area contributed by atoms with Gasteiger partial charge in [0.25, 0.3) is 0 Å². The summed E-state index contributed by atoms with van der Waals surface area (Å²) < 4.78 is 18.3. The van der Waals surface area contributed by atoms with E-state index in [4.69, 9.17) is 20.5 Å². The summed E-state index contributed by atoms with van der Waals surface area (Å²) in [6.45, 7) is 2.04. The van der Waals surface area contributed by atoms with Crippen LogP contribution in [0.2, 0.25) is 0 Å². The van der Waals surface area contributed by atoms with Crippen LogP contribution in [0.25, 0.3) is 0 Å². The molecule has 0 fully saturated rings. The first-order chi connectivity index (χ1) is 9.15. The molecule has 0 saturated carbocycles. The first kappa shape index (κ1) is 14.0. The highest BCUT2D eigenvalue weighted by molar-refractivity contribution is 5.64. The van der Waals surface area contributed by atoms with Crippen molar-refractivity contribution in [1.29, 1.82) is 15.8 Å². The van der Waals surface area contributed by atoms with E-state index < -0.39 is 5.82 Å². The fraction of sp³-hybridized carbons (Fsp3) is 0.154. The van der Waals surface area contributed by atoms with Crippen molar-refractivity contribution in [1.82, 2.24) is 0 Å². The summed E-state index contributed by atoms with van der Waals surface area (Å²) in [7, 11) is 0. The molecule has 1 aromatic rings. The van der Waals surface area contributed by atoms with Crippen molar-refractivity contribution < 1.29 is 9.13 Å². The minimum Gasteiger partial charge on any atom is -0.492 e. The summed E-state index contributed by atoms with van der Waals surface area (Å²) in [4.78, 5) is 0. The van der Waals surface area contributed by atoms with Gasteiger partial charge in [0.15, 0.2) is 5.57 Å². The summed E-state index contributed by atoms with van der Waals surface area (Å²) in [6, 6.07) is 8.62. The van der Waals surface area contributed by atoms with E-state index in [1.807, 2.05) is 0 Å². The smallest absolute Gasteiger partial charge is 0.163 e. The molecule has 1 N–H and O–H groups in total. The number of allylic oxidation sites excluding steroid dienone is 2. The number of rotatable bonds is 4. The molecule has 0 bridgehead atoms. The molecule has 1 aromatic carbocycles. The summed E-state index contributed by atoms with van der Waals surface area (Å²) in [6.07, 6.45) is 0. The Hall–Kier alpha value is -3.04. The van der Waals surface area contributed by atoms with Gasteiger partial charge < -0.3 is 10.1 Å². The Bertz CT molecular complexity index is 616. The lowest BCUT2D eigenvalue weighted by atomic mass is 10.2. The molecule has 94 valence electrons. The van der Waals surface area contributed by atoms with Gasteiger partial charge in [-0.2, -0.15) is 15.8 Å². The van der Waals surface area contributed by atoms with Gasteiger partial charge in [0.1, 0.15) is 35.5 Å². The quantitative estimate of drug-likeness (QED) is 0.835. The predicted molar refractivity (Wildman–Crippen MR) is 65.1 cm³/mol. The molecule has 19 heavy (non-hydrogen) atoms. The molecule has 0 amide bonds. The number of ether oxygens (including phenoxy) is 1. The average Bonchev–Trinajstić information content (AvgIpc) is 2.41. The Kier molecular flexibility index (Phi) is 4.90. The molecule has 6 heteroatoms. The van der Waals surface area contributed by atoms with Gasteiger partial charge in [-0.25, -0.2) is 4.39 Å². The van der Waals surface area contributed by atoms with E-state index in [0.717, 1.165) is 6.07 Å². The molecule has 0 aromatic heterocycles. The van der Waals surface area contributed by atoms with Gasteiger partial charge in [0, 0.05) is 6.07 Å². The van der Waals surface area contributed by atoms with E-state index in [1.54, 1.807) is 25.1 Å². The Labute approximate surface area is 109 Å². The van der Waals surface area contributed by atoms with E-state index in [-0.39, 0.29) is 17.0 Å². The zero-order valence-corrected chi connectivity index (χ0v) is 10.1. The molecular weight excluding hydrogens is 247 g/mol. The summed E-state index contributed by atoms with van der Waals surface area (Å²) >= 11 is 0. The third-order valence-electron chi connectivity index (χ3n) is 2.09. The molecule has 5 nitrogen and oxygen atoms in total. The lowest BCUT2D eigenvalue weighted by molar-refractivity contribution is 0.340. The van der Waals surface area contributed by atoms with Crippen LogP contribution in [0.15, 0.2) is 29.5 Å². The van der Waals surface area contributed by atoms with Crippen molar-refractivity contribution in [3.8, 4) is 24.0 Å². The second-order valence-electron chi connectivity index (χ2n) is 3.28. The van der Waals surface area contributed by atoms with Gasteiger partial charge >= 0.3 is 0 Å². The lowest BCUT2D eigenvalue weighted by Crippen LogP contribution is -2.04. The van der Waals surface area contributed by atoms with Crippen molar-refractivity contribution in [2.24, 2.45) is 0 Å². The number of hydrogen-bond donors (Lipinski definition) is 1. The van der Waals surface area contributed by atoms with Crippen LogP contribution in [0.5, 0.6) is 5.75 Å². The Balaban J connectivity index is 3.20. The lowest BCUT2D eigenvalue weighted by Gasteiger charge is -2.11. The first-order valence-electron chi connectivity index (χ1n) is 5.30. The fourth-order valence-electron chi connectivity index (χ4n) is 1.29. The fourth-order valence-corrected chi connectivity index (χ4v) is 1.29. The molecule has 0 aliphatic heterocycles. The minimum atomic E-state index is -0.489. The molecule has 0 aliphatic carbocycles. The number of anilines is 1. The third kappa shape index (κ3) is 3.46. The highest BCUT2D eigenvalue weighted by atomic mass is 19.1.